The second kappa shape index (κ2) is 4.04. The number of aromatic hydroxyl groups is 1. The van der Waals surface area contributed by atoms with E-state index in [4.69, 9.17) is 5.11 Å². The number of rotatable bonds is 0. The molecule has 1 N–H and O–H groups in total. The zero-order chi connectivity index (χ0) is 5.11. The SMILES string of the molecule is Oc1ccccc1.[Pa]. The van der Waals surface area contributed by atoms with Gasteiger partial charge in [-0.05, 0) is 12.1 Å². The first-order valence-corrected chi connectivity index (χ1v) is 2.13. The Kier molecular flexibility index (Phi) is 4.09. The Morgan fingerprint density at radius 3 is 1.75 bits per heavy atom. The quantitative estimate of drug-likeness (QED) is 0.764. The van der Waals surface area contributed by atoms with Crippen molar-refractivity contribution in [3.63, 3.8) is 0 Å². The standard InChI is InChI=1S/C6H6O.Pa/c7-6-4-2-1-3-5-6;/h1-5,7H;. The third-order valence-corrected chi connectivity index (χ3v) is 0.756. The van der Waals surface area contributed by atoms with Crippen LogP contribution in [-0.4, -0.2) is 5.11 Å². The van der Waals surface area contributed by atoms with Gasteiger partial charge >= 0.3 is 0 Å². The molecule has 1 radical (unpaired) electrons. The molecule has 39 valence electrons. The summed E-state index contributed by atoms with van der Waals surface area (Å²) in [6, 6.07) is 8.71. The van der Waals surface area contributed by atoms with Crippen LogP contribution in [0.2, 0.25) is 0 Å². The van der Waals surface area contributed by atoms with Crippen molar-refractivity contribution in [2.75, 3.05) is 0 Å². The molecule has 0 bridgehead atoms. The van der Waals surface area contributed by atoms with Gasteiger partial charge in [-0.3, -0.25) is 0 Å². The summed E-state index contributed by atoms with van der Waals surface area (Å²) in [7, 11) is 0. The first-order chi connectivity index (χ1) is 3.39. The molecule has 0 heterocycles. The molecule has 0 aromatic heterocycles. The van der Waals surface area contributed by atoms with Crippen molar-refractivity contribution in [3.8, 4) is 5.75 Å². The molecule has 0 spiro atoms. The van der Waals surface area contributed by atoms with Crippen LogP contribution in [-0.2, 0) is 0 Å². The maximum absolute atomic E-state index is 8.63. The van der Waals surface area contributed by atoms with Gasteiger partial charge in [0.05, 0.1) is 0 Å². The Labute approximate surface area is 73.2 Å². The number of phenols is 1. The van der Waals surface area contributed by atoms with Gasteiger partial charge in [-0.1, -0.05) is 18.2 Å². The van der Waals surface area contributed by atoms with Crippen molar-refractivity contribution in [1.29, 1.82) is 0 Å². The summed E-state index contributed by atoms with van der Waals surface area (Å²) in [4.78, 5) is 0. The third kappa shape index (κ3) is 2.43. The van der Waals surface area contributed by atoms with Crippen LogP contribution in [0.4, 0.5) is 0 Å². The largest absolute Gasteiger partial charge is 0.508 e. The predicted octanol–water partition coefficient (Wildman–Crippen LogP) is 1.39. The van der Waals surface area contributed by atoms with E-state index in [0.29, 0.717) is 5.75 Å². The summed E-state index contributed by atoms with van der Waals surface area (Å²) in [5, 5.41) is 8.63. The van der Waals surface area contributed by atoms with Crippen LogP contribution in [0.1, 0.15) is 0 Å². The minimum absolute atomic E-state index is 0. The van der Waals surface area contributed by atoms with Gasteiger partial charge < -0.3 is 5.11 Å². The Hall–Kier alpha value is 0.111. The number of hydrogen-bond donors (Lipinski definition) is 1. The third-order valence-electron chi connectivity index (χ3n) is 0.756. The van der Waals surface area contributed by atoms with E-state index in [9.17, 15) is 0 Å². The Balaban J connectivity index is 0.000000490. The normalized spacial score (nSPS) is 7.50. The molecule has 0 aliphatic heterocycles. The second-order valence-electron chi connectivity index (χ2n) is 1.34. The predicted molar refractivity (Wildman–Crippen MR) is 28.1 cm³/mol. The van der Waals surface area contributed by atoms with E-state index in [1.807, 2.05) is 6.07 Å². The van der Waals surface area contributed by atoms with Gasteiger partial charge in [0.15, 0.2) is 0 Å². The molecule has 1 nitrogen and oxygen atoms in total. The molecular formula is C6H6OPa. The van der Waals surface area contributed by atoms with Crippen LogP contribution in [0.15, 0.2) is 30.3 Å². The van der Waals surface area contributed by atoms with Gasteiger partial charge in [-0.2, -0.15) is 0 Å². The number of hydrogen-bond acceptors (Lipinski definition) is 1. The molecule has 0 saturated heterocycles. The van der Waals surface area contributed by atoms with E-state index in [-0.39, 0.29) is 32.3 Å². The fraction of sp³-hybridized carbons (Fsp3) is 0. The van der Waals surface area contributed by atoms with Crippen molar-refractivity contribution in [3.05, 3.63) is 30.3 Å². The Morgan fingerprint density at radius 1 is 1.00 bits per heavy atom. The summed E-state index contributed by atoms with van der Waals surface area (Å²) >= 11 is 0. The van der Waals surface area contributed by atoms with Crippen molar-refractivity contribution < 1.29 is 37.4 Å². The van der Waals surface area contributed by atoms with Gasteiger partial charge in [0.2, 0.25) is 0 Å². The molecule has 1 rings (SSSR count). The first kappa shape index (κ1) is 8.11. The maximum atomic E-state index is 8.63. The first-order valence-electron chi connectivity index (χ1n) is 2.13. The fourth-order valence-corrected chi connectivity index (χ4v) is 0.428. The van der Waals surface area contributed by atoms with Crippen LogP contribution in [0, 0.1) is 32.3 Å². The molecule has 1 aromatic rings. The zero-order valence-corrected chi connectivity index (χ0v) is 9.22. The summed E-state index contributed by atoms with van der Waals surface area (Å²) < 4.78 is 0. The molecule has 1 aromatic carbocycles. The molecule has 2 heteroatoms. The smallest absolute Gasteiger partial charge is 0.115 e. The average Bonchev–Trinajstić information content (AvgIpc) is 1.69. The summed E-state index contributed by atoms with van der Waals surface area (Å²) in [6.45, 7) is 0. The molecule has 0 aliphatic rings. The molecule has 0 unspecified atom stereocenters. The monoisotopic (exact) mass is 325 g/mol. The van der Waals surface area contributed by atoms with E-state index in [1.165, 1.54) is 0 Å². The Morgan fingerprint density at radius 2 is 1.50 bits per heavy atom. The van der Waals surface area contributed by atoms with Crippen LogP contribution < -0.4 is 0 Å². The van der Waals surface area contributed by atoms with Gasteiger partial charge in [0, 0.05) is 32.3 Å². The Bertz CT molecular complexity index is 138. The minimum atomic E-state index is 0. The summed E-state index contributed by atoms with van der Waals surface area (Å²) in [5.41, 5.74) is 0. The summed E-state index contributed by atoms with van der Waals surface area (Å²) in [5.74, 6) is 0.322. The molecule has 0 aliphatic carbocycles. The van der Waals surface area contributed by atoms with E-state index < -0.39 is 0 Å². The van der Waals surface area contributed by atoms with Crippen LogP contribution >= 0.6 is 0 Å². The topological polar surface area (TPSA) is 20.2 Å². The minimum Gasteiger partial charge on any atom is -0.508 e. The molecule has 0 fully saturated rings. The number of benzene rings is 1. The van der Waals surface area contributed by atoms with Gasteiger partial charge in [-0.15, -0.1) is 0 Å². The van der Waals surface area contributed by atoms with E-state index >= 15 is 0 Å². The van der Waals surface area contributed by atoms with Crippen LogP contribution in [0.3, 0.4) is 0 Å². The van der Waals surface area contributed by atoms with Crippen molar-refractivity contribution in [2.45, 2.75) is 0 Å². The van der Waals surface area contributed by atoms with Gasteiger partial charge in [0.1, 0.15) is 5.75 Å². The van der Waals surface area contributed by atoms with E-state index in [0.717, 1.165) is 0 Å². The molecule has 8 heavy (non-hydrogen) atoms. The van der Waals surface area contributed by atoms with Crippen molar-refractivity contribution in [2.24, 2.45) is 0 Å². The van der Waals surface area contributed by atoms with E-state index in [1.54, 1.807) is 24.3 Å². The molecule has 0 atom stereocenters. The molecular weight excluding hydrogens is 319 g/mol. The van der Waals surface area contributed by atoms with Gasteiger partial charge in [-0.25, -0.2) is 0 Å². The fourth-order valence-electron chi connectivity index (χ4n) is 0.428. The second-order valence-corrected chi connectivity index (χ2v) is 1.34. The van der Waals surface area contributed by atoms with Crippen molar-refractivity contribution >= 4 is 0 Å². The van der Waals surface area contributed by atoms with Gasteiger partial charge in [0.25, 0.3) is 0 Å². The molecule has 0 amide bonds. The zero-order valence-electron chi connectivity index (χ0n) is 4.41. The van der Waals surface area contributed by atoms with Crippen LogP contribution in [0.5, 0.6) is 5.75 Å². The van der Waals surface area contributed by atoms with Crippen LogP contribution in [0.25, 0.3) is 0 Å². The van der Waals surface area contributed by atoms with Crippen molar-refractivity contribution in [1.82, 2.24) is 0 Å². The number of para-hydroxylation sites is 1. The molecule has 0 saturated carbocycles. The maximum Gasteiger partial charge on any atom is 0.115 e. The average molecular weight is 325 g/mol. The summed E-state index contributed by atoms with van der Waals surface area (Å²) in [6.07, 6.45) is 0. The van der Waals surface area contributed by atoms with E-state index in [2.05, 4.69) is 0 Å². The number of phenolic OH excluding ortho intramolecular Hbond substituents is 1.